The summed E-state index contributed by atoms with van der Waals surface area (Å²) >= 11 is 1.69. The van der Waals surface area contributed by atoms with Gasteiger partial charge in [0.25, 0.3) is 0 Å². The summed E-state index contributed by atoms with van der Waals surface area (Å²) in [7, 11) is 0. The summed E-state index contributed by atoms with van der Waals surface area (Å²) in [5.41, 5.74) is 2.31. The van der Waals surface area contributed by atoms with Crippen LogP contribution < -0.4 is 0 Å². The molecule has 29 heavy (non-hydrogen) atoms. The number of thiazole rings is 1. The second kappa shape index (κ2) is 9.01. The number of hydrogen-bond acceptors (Lipinski definition) is 5. The lowest BCUT2D eigenvalue weighted by molar-refractivity contribution is -0.139. The Balaban J connectivity index is 1.29. The number of rotatable bonds is 8. The van der Waals surface area contributed by atoms with Gasteiger partial charge in [-0.2, -0.15) is 0 Å². The third-order valence-electron chi connectivity index (χ3n) is 5.36. The van der Waals surface area contributed by atoms with Crippen molar-refractivity contribution >= 4 is 27.5 Å². The topological polar surface area (TPSA) is 49.3 Å². The van der Waals surface area contributed by atoms with E-state index in [4.69, 9.17) is 0 Å². The number of amides is 1. The molecule has 3 aromatic rings. The van der Waals surface area contributed by atoms with Crippen LogP contribution in [0.4, 0.5) is 0 Å². The lowest BCUT2D eigenvalue weighted by atomic mass is 10.0. The van der Waals surface area contributed by atoms with Crippen LogP contribution in [0.3, 0.4) is 0 Å². The lowest BCUT2D eigenvalue weighted by Gasteiger charge is -2.46. The molecule has 1 aliphatic heterocycles. The normalized spacial score (nSPS) is 14.7. The number of carbonyl (C=O) groups excluding carboxylic acids is 1. The van der Waals surface area contributed by atoms with Gasteiger partial charge in [-0.15, -0.1) is 11.3 Å². The molecule has 0 bridgehead atoms. The maximum atomic E-state index is 12.6. The molecule has 1 amide bonds. The van der Waals surface area contributed by atoms with Gasteiger partial charge in [0.2, 0.25) is 5.91 Å². The summed E-state index contributed by atoms with van der Waals surface area (Å²) in [5, 5.41) is 1.05. The number of benzene rings is 1. The molecule has 0 atom stereocenters. The minimum Gasteiger partial charge on any atom is -0.339 e. The van der Waals surface area contributed by atoms with Crippen molar-refractivity contribution in [2.24, 2.45) is 5.92 Å². The predicted molar refractivity (Wildman–Crippen MR) is 118 cm³/mol. The number of likely N-dealkylation sites (tertiary alicyclic amines) is 1. The van der Waals surface area contributed by atoms with Gasteiger partial charge >= 0.3 is 0 Å². The molecule has 152 valence electrons. The highest BCUT2D eigenvalue weighted by atomic mass is 32.1. The van der Waals surface area contributed by atoms with Gasteiger partial charge in [-0.1, -0.05) is 26.0 Å². The van der Waals surface area contributed by atoms with E-state index in [0.717, 1.165) is 43.1 Å². The Morgan fingerprint density at radius 2 is 1.97 bits per heavy atom. The van der Waals surface area contributed by atoms with Gasteiger partial charge in [0.15, 0.2) is 0 Å². The number of nitrogens with zero attached hydrogens (tertiary/aromatic N) is 4. The highest BCUT2D eigenvalue weighted by molar-refractivity contribution is 7.18. The molecule has 2 aromatic heterocycles. The number of carbonyl (C=O) groups is 1. The van der Waals surface area contributed by atoms with Crippen molar-refractivity contribution in [2.75, 3.05) is 19.6 Å². The van der Waals surface area contributed by atoms with E-state index in [-0.39, 0.29) is 5.91 Å². The van der Waals surface area contributed by atoms with E-state index in [0.29, 0.717) is 18.4 Å². The Bertz CT molecular complexity index is 917. The first-order valence-electron chi connectivity index (χ1n) is 10.3. The summed E-state index contributed by atoms with van der Waals surface area (Å²) in [6.45, 7) is 8.12. The number of hydrogen-bond donors (Lipinski definition) is 0. The third-order valence-corrected chi connectivity index (χ3v) is 6.45. The number of pyridine rings is 1. The first-order valence-corrected chi connectivity index (χ1v) is 11.2. The Kier molecular flexibility index (Phi) is 6.21. The molecule has 0 unspecified atom stereocenters. The molecule has 0 spiro atoms. The van der Waals surface area contributed by atoms with Crippen molar-refractivity contribution in [1.29, 1.82) is 0 Å². The lowest BCUT2D eigenvalue weighted by Crippen LogP contribution is -2.61. The monoisotopic (exact) mass is 408 g/mol. The minimum absolute atomic E-state index is 0.244. The molecule has 5 nitrogen and oxygen atoms in total. The van der Waals surface area contributed by atoms with Gasteiger partial charge < -0.3 is 4.90 Å². The van der Waals surface area contributed by atoms with E-state index < -0.39 is 0 Å². The molecule has 3 heterocycles. The van der Waals surface area contributed by atoms with Gasteiger partial charge in [-0.3, -0.25) is 14.7 Å². The van der Waals surface area contributed by atoms with Crippen LogP contribution in [0.5, 0.6) is 0 Å². The van der Waals surface area contributed by atoms with Gasteiger partial charge in [0, 0.05) is 57.5 Å². The highest BCUT2D eigenvalue weighted by Crippen LogP contribution is 2.24. The second-order valence-electron chi connectivity index (χ2n) is 8.21. The molecule has 1 saturated heterocycles. The Morgan fingerprint density at radius 3 is 2.69 bits per heavy atom. The van der Waals surface area contributed by atoms with E-state index >= 15 is 0 Å². The van der Waals surface area contributed by atoms with Crippen LogP contribution in [0.1, 0.15) is 30.8 Å². The maximum Gasteiger partial charge on any atom is 0.223 e. The van der Waals surface area contributed by atoms with Gasteiger partial charge in [-0.05, 0) is 35.7 Å². The van der Waals surface area contributed by atoms with E-state index in [1.54, 1.807) is 11.3 Å². The van der Waals surface area contributed by atoms with E-state index in [1.807, 2.05) is 35.5 Å². The summed E-state index contributed by atoms with van der Waals surface area (Å²) in [6.07, 6.45) is 4.97. The predicted octanol–water partition coefficient (Wildman–Crippen LogP) is 3.99. The van der Waals surface area contributed by atoms with Crippen molar-refractivity contribution in [3.63, 3.8) is 0 Å². The van der Waals surface area contributed by atoms with E-state index in [1.165, 1.54) is 10.3 Å². The molecule has 0 radical (unpaired) electrons. The molecule has 6 heteroatoms. The summed E-state index contributed by atoms with van der Waals surface area (Å²) in [6, 6.07) is 12.8. The Labute approximate surface area is 176 Å². The molecule has 0 N–H and O–H groups in total. The van der Waals surface area contributed by atoms with Crippen molar-refractivity contribution in [3.05, 3.63) is 59.4 Å². The van der Waals surface area contributed by atoms with Crippen LogP contribution >= 0.6 is 11.3 Å². The summed E-state index contributed by atoms with van der Waals surface area (Å²) in [5.74, 6) is 0.842. The molecule has 1 fully saturated rings. The zero-order chi connectivity index (χ0) is 20.2. The largest absolute Gasteiger partial charge is 0.339 e. The van der Waals surface area contributed by atoms with Crippen LogP contribution in [0.25, 0.3) is 10.2 Å². The maximum absolute atomic E-state index is 12.6. The number of aromatic nitrogens is 2. The van der Waals surface area contributed by atoms with Crippen LogP contribution in [0.2, 0.25) is 0 Å². The molecule has 1 aliphatic rings. The number of fused-ring (bicyclic) bond motifs is 1. The summed E-state index contributed by atoms with van der Waals surface area (Å²) < 4.78 is 1.19. The fourth-order valence-electron chi connectivity index (χ4n) is 3.82. The van der Waals surface area contributed by atoms with Crippen molar-refractivity contribution in [3.8, 4) is 0 Å². The van der Waals surface area contributed by atoms with Gasteiger partial charge in [0.1, 0.15) is 0 Å². The molecular formula is C23H28N4OS. The van der Waals surface area contributed by atoms with Crippen molar-refractivity contribution in [1.82, 2.24) is 19.8 Å². The smallest absolute Gasteiger partial charge is 0.223 e. The van der Waals surface area contributed by atoms with Crippen LogP contribution in [0, 0.1) is 5.92 Å². The Hall–Kier alpha value is -2.31. The Morgan fingerprint density at radius 1 is 1.21 bits per heavy atom. The quantitative estimate of drug-likeness (QED) is 0.565. The summed E-state index contributed by atoms with van der Waals surface area (Å²) in [4.78, 5) is 25.9. The number of para-hydroxylation sites is 1. The van der Waals surface area contributed by atoms with Gasteiger partial charge in [-0.25, -0.2) is 4.98 Å². The average molecular weight is 409 g/mol. The first kappa shape index (κ1) is 20.0. The van der Waals surface area contributed by atoms with E-state index in [2.05, 4.69) is 46.9 Å². The highest BCUT2D eigenvalue weighted by Gasteiger charge is 2.34. The van der Waals surface area contributed by atoms with Crippen LogP contribution in [-0.4, -0.2) is 51.4 Å². The molecular weight excluding hydrogens is 380 g/mol. The fraction of sp³-hybridized carbons (Fsp3) is 0.435. The standard InChI is InChI=1S/C23H28N4OS/c1-17(2)13-26(14-18-9-11-24-12-10-18)19-15-27(16-19)23(28)8-7-22-25-20-5-3-4-6-21(20)29-22/h3-6,9-12,17,19H,7-8,13-16H2,1-2H3. The molecule has 1 aromatic carbocycles. The van der Waals surface area contributed by atoms with Crippen LogP contribution in [-0.2, 0) is 17.8 Å². The second-order valence-corrected chi connectivity index (χ2v) is 9.32. The minimum atomic E-state index is 0.244. The van der Waals surface area contributed by atoms with Gasteiger partial charge in [0.05, 0.1) is 15.2 Å². The van der Waals surface area contributed by atoms with Crippen molar-refractivity contribution in [2.45, 2.75) is 39.3 Å². The molecule has 0 saturated carbocycles. The third kappa shape index (κ3) is 5.00. The molecule has 4 rings (SSSR count). The molecule has 0 aliphatic carbocycles. The average Bonchev–Trinajstić information content (AvgIpc) is 3.08. The zero-order valence-corrected chi connectivity index (χ0v) is 17.9. The first-order chi connectivity index (χ1) is 14.1. The van der Waals surface area contributed by atoms with Crippen LogP contribution in [0.15, 0.2) is 48.8 Å². The fourth-order valence-corrected chi connectivity index (χ4v) is 4.79. The van der Waals surface area contributed by atoms with Crippen molar-refractivity contribution < 1.29 is 4.79 Å². The van der Waals surface area contributed by atoms with E-state index in [9.17, 15) is 4.79 Å². The zero-order valence-electron chi connectivity index (χ0n) is 17.1. The number of aryl methyl sites for hydroxylation is 1. The SMILES string of the molecule is CC(C)CN(Cc1ccncc1)C1CN(C(=O)CCc2nc3ccccc3s2)C1.